The number of carboxylic acids is 1. The summed E-state index contributed by atoms with van der Waals surface area (Å²) in [6, 6.07) is 1.71. The highest BCUT2D eigenvalue weighted by molar-refractivity contribution is 9.11. The van der Waals surface area contributed by atoms with Gasteiger partial charge >= 0.3 is 5.97 Å². The van der Waals surface area contributed by atoms with Crippen LogP contribution in [-0.4, -0.2) is 35.0 Å². The van der Waals surface area contributed by atoms with Gasteiger partial charge in [0, 0.05) is 0 Å². The molecule has 1 aliphatic carbocycles. The van der Waals surface area contributed by atoms with Crippen molar-refractivity contribution >= 4 is 45.1 Å². The maximum Gasteiger partial charge on any atom is 0.326 e. The minimum atomic E-state index is -1.04. The number of nitrogens with one attached hydrogen (secondary N) is 2. The van der Waals surface area contributed by atoms with Gasteiger partial charge in [0.15, 0.2) is 0 Å². The van der Waals surface area contributed by atoms with Crippen LogP contribution in [-0.2, 0) is 9.59 Å². The van der Waals surface area contributed by atoms with Crippen LogP contribution in [0.5, 0.6) is 0 Å². The number of rotatable bonds is 7. The maximum atomic E-state index is 12.0. The number of hydrogen-bond acceptors (Lipinski definition) is 4. The Labute approximate surface area is 140 Å². The number of aliphatic carboxylic acids is 1. The van der Waals surface area contributed by atoms with Crippen LogP contribution in [0.25, 0.3) is 0 Å². The van der Waals surface area contributed by atoms with Crippen LogP contribution in [0.15, 0.2) is 15.9 Å². The van der Waals surface area contributed by atoms with Gasteiger partial charge in [-0.05, 0) is 47.3 Å². The van der Waals surface area contributed by atoms with Gasteiger partial charge in [0.05, 0.1) is 8.66 Å². The molecule has 120 valence electrons. The van der Waals surface area contributed by atoms with Crippen LogP contribution in [0.2, 0.25) is 0 Å². The number of hydrogen-bond donors (Lipinski definition) is 3. The van der Waals surface area contributed by atoms with E-state index in [9.17, 15) is 14.4 Å². The molecular formula is C14H17BrN2O4S. The van der Waals surface area contributed by atoms with Crippen molar-refractivity contribution in [3.8, 4) is 0 Å². The normalized spacial score (nSPS) is 16.6. The zero-order valence-corrected chi connectivity index (χ0v) is 14.4. The first-order chi connectivity index (χ1) is 10.4. The summed E-state index contributed by atoms with van der Waals surface area (Å²) in [4.78, 5) is 35.6. The van der Waals surface area contributed by atoms with Crippen molar-refractivity contribution in [1.29, 1.82) is 0 Å². The molecule has 0 spiro atoms. The summed E-state index contributed by atoms with van der Waals surface area (Å²) in [6.45, 7) is 1.53. The van der Waals surface area contributed by atoms with Crippen LogP contribution in [0.3, 0.4) is 0 Å². The Hall–Kier alpha value is -1.41. The molecular weight excluding hydrogens is 372 g/mol. The van der Waals surface area contributed by atoms with Gasteiger partial charge in [-0.15, -0.1) is 11.3 Å². The van der Waals surface area contributed by atoms with Gasteiger partial charge < -0.3 is 15.7 Å². The van der Waals surface area contributed by atoms with Gasteiger partial charge in [-0.25, -0.2) is 4.79 Å². The van der Waals surface area contributed by atoms with Gasteiger partial charge in [0.1, 0.15) is 12.1 Å². The number of carbonyl (C=O) groups is 3. The third kappa shape index (κ3) is 4.81. The Kier molecular flexibility index (Phi) is 5.57. The van der Waals surface area contributed by atoms with E-state index in [0.29, 0.717) is 17.2 Å². The minimum Gasteiger partial charge on any atom is -0.480 e. The highest BCUT2D eigenvalue weighted by Crippen LogP contribution is 2.33. The predicted octanol–water partition coefficient (Wildman–Crippen LogP) is 2.00. The first kappa shape index (κ1) is 17.0. The molecule has 1 heterocycles. The molecule has 3 N–H and O–H groups in total. The van der Waals surface area contributed by atoms with Crippen molar-refractivity contribution in [3.63, 3.8) is 0 Å². The van der Waals surface area contributed by atoms with Crippen molar-refractivity contribution in [3.05, 3.63) is 20.8 Å². The largest absolute Gasteiger partial charge is 0.480 e. The molecule has 1 fully saturated rings. The van der Waals surface area contributed by atoms with Crippen LogP contribution < -0.4 is 10.6 Å². The van der Waals surface area contributed by atoms with Gasteiger partial charge in [-0.3, -0.25) is 9.59 Å². The lowest BCUT2D eigenvalue weighted by Gasteiger charge is -2.18. The fourth-order valence-electron chi connectivity index (χ4n) is 1.97. The molecule has 0 aliphatic heterocycles. The van der Waals surface area contributed by atoms with Gasteiger partial charge in [-0.1, -0.05) is 12.8 Å². The van der Waals surface area contributed by atoms with E-state index in [0.717, 1.165) is 16.6 Å². The molecule has 1 aromatic rings. The molecule has 0 bridgehead atoms. The summed E-state index contributed by atoms with van der Waals surface area (Å²) in [5, 5.41) is 14.2. The van der Waals surface area contributed by atoms with E-state index in [-0.39, 0.29) is 5.91 Å². The Morgan fingerprint density at radius 1 is 1.36 bits per heavy atom. The molecule has 0 aromatic carbocycles. The van der Waals surface area contributed by atoms with E-state index in [4.69, 9.17) is 5.11 Å². The van der Waals surface area contributed by atoms with E-state index >= 15 is 0 Å². The molecule has 2 atom stereocenters. The van der Waals surface area contributed by atoms with E-state index in [2.05, 4.69) is 26.6 Å². The fourth-order valence-corrected chi connectivity index (χ4v) is 3.26. The van der Waals surface area contributed by atoms with E-state index in [1.165, 1.54) is 18.3 Å². The lowest BCUT2D eigenvalue weighted by atomic mass is 10.1. The summed E-state index contributed by atoms with van der Waals surface area (Å²) in [7, 11) is 0. The van der Waals surface area contributed by atoms with Crippen LogP contribution in [0.4, 0.5) is 0 Å². The van der Waals surface area contributed by atoms with Crippen LogP contribution >= 0.6 is 27.3 Å². The number of carbonyl (C=O) groups excluding carboxylic acids is 2. The summed E-state index contributed by atoms with van der Waals surface area (Å²) in [5.74, 6) is -1.50. The molecule has 2 amide bonds. The lowest BCUT2D eigenvalue weighted by molar-refractivity contribution is -0.142. The van der Waals surface area contributed by atoms with E-state index < -0.39 is 24.0 Å². The minimum absolute atomic E-state index is 0.354. The lowest BCUT2D eigenvalue weighted by Crippen LogP contribution is -2.50. The standard InChI is InChI=1S/C14H17BrN2O4S/c1-7(16-13(19)10-4-5-11(15)22-10)12(18)17-9(14(20)21)6-8-2-3-8/h4-5,7-9H,2-3,6H2,1H3,(H,16,19)(H,17,18)(H,20,21). The van der Waals surface area contributed by atoms with Crippen molar-refractivity contribution in [2.45, 2.75) is 38.3 Å². The molecule has 6 nitrogen and oxygen atoms in total. The molecule has 1 saturated carbocycles. The smallest absolute Gasteiger partial charge is 0.326 e. The summed E-state index contributed by atoms with van der Waals surface area (Å²) in [6.07, 6.45) is 2.47. The SMILES string of the molecule is CC(NC(=O)c1ccc(Br)s1)C(=O)NC(CC1CC1)C(=O)O. The Bertz CT molecular complexity index is 585. The van der Waals surface area contributed by atoms with Crippen molar-refractivity contribution in [1.82, 2.24) is 10.6 Å². The second-order valence-electron chi connectivity index (χ2n) is 5.38. The van der Waals surface area contributed by atoms with Crippen LogP contribution in [0, 0.1) is 5.92 Å². The third-order valence-electron chi connectivity index (χ3n) is 3.42. The Morgan fingerprint density at radius 3 is 2.55 bits per heavy atom. The topological polar surface area (TPSA) is 95.5 Å². The number of carboxylic acid groups (broad SMARTS) is 1. The first-order valence-corrected chi connectivity index (χ1v) is 8.57. The molecule has 22 heavy (non-hydrogen) atoms. The second kappa shape index (κ2) is 7.23. The van der Waals surface area contributed by atoms with Crippen molar-refractivity contribution in [2.24, 2.45) is 5.92 Å². The predicted molar refractivity (Wildman–Crippen MR) is 85.9 cm³/mol. The second-order valence-corrected chi connectivity index (χ2v) is 7.84. The fraction of sp³-hybridized carbons (Fsp3) is 0.500. The Balaban J connectivity index is 1.87. The summed E-state index contributed by atoms with van der Waals surface area (Å²) >= 11 is 4.53. The number of amides is 2. The first-order valence-electron chi connectivity index (χ1n) is 6.96. The monoisotopic (exact) mass is 388 g/mol. The molecule has 1 aromatic heterocycles. The molecule has 8 heteroatoms. The summed E-state index contributed by atoms with van der Waals surface area (Å²) < 4.78 is 0.824. The molecule has 0 radical (unpaired) electrons. The zero-order chi connectivity index (χ0) is 16.3. The molecule has 2 rings (SSSR count). The Morgan fingerprint density at radius 2 is 2.05 bits per heavy atom. The zero-order valence-electron chi connectivity index (χ0n) is 12.0. The maximum absolute atomic E-state index is 12.0. The summed E-state index contributed by atoms with van der Waals surface area (Å²) in [5.41, 5.74) is 0. The van der Waals surface area contributed by atoms with E-state index in [1.807, 2.05) is 0 Å². The average molecular weight is 389 g/mol. The highest BCUT2D eigenvalue weighted by Gasteiger charge is 2.31. The molecule has 2 unspecified atom stereocenters. The average Bonchev–Trinajstić information content (AvgIpc) is 3.16. The molecule has 1 aliphatic rings. The molecule has 0 saturated heterocycles. The van der Waals surface area contributed by atoms with Gasteiger partial charge in [0.25, 0.3) is 5.91 Å². The number of thiophene rings is 1. The van der Waals surface area contributed by atoms with E-state index in [1.54, 1.807) is 12.1 Å². The third-order valence-corrected chi connectivity index (χ3v) is 5.04. The van der Waals surface area contributed by atoms with Gasteiger partial charge in [-0.2, -0.15) is 0 Å². The highest BCUT2D eigenvalue weighted by atomic mass is 79.9. The van der Waals surface area contributed by atoms with Gasteiger partial charge in [0.2, 0.25) is 5.91 Å². The number of halogens is 1. The van der Waals surface area contributed by atoms with Crippen molar-refractivity contribution < 1.29 is 19.5 Å². The van der Waals surface area contributed by atoms with Crippen LogP contribution in [0.1, 0.15) is 35.9 Å². The quantitative estimate of drug-likeness (QED) is 0.665. The van der Waals surface area contributed by atoms with Crippen molar-refractivity contribution in [2.75, 3.05) is 0 Å².